The van der Waals surface area contributed by atoms with Gasteiger partial charge in [0.15, 0.2) is 0 Å². The fourth-order valence-electron chi connectivity index (χ4n) is 3.28. The monoisotopic (exact) mass is 301 g/mol. The fourth-order valence-corrected chi connectivity index (χ4v) is 4.38. The molecule has 1 N–H and O–H groups in total. The van der Waals surface area contributed by atoms with Gasteiger partial charge in [0, 0.05) is 26.4 Å². The second-order valence-corrected chi connectivity index (χ2v) is 6.52. The van der Waals surface area contributed by atoms with Gasteiger partial charge in [-0.25, -0.2) is 0 Å². The zero-order valence-electron chi connectivity index (χ0n) is 11.6. The SMILES string of the molecule is O=c1[nH]c2ccc3ccccc3c2c2c1sc1ccccc12. The molecule has 0 amide bonds. The molecule has 2 nitrogen and oxygen atoms in total. The zero-order chi connectivity index (χ0) is 14.7. The maximum atomic E-state index is 12.5. The minimum absolute atomic E-state index is 0.000943. The van der Waals surface area contributed by atoms with Crippen LogP contribution in [0.15, 0.2) is 65.5 Å². The van der Waals surface area contributed by atoms with Crippen molar-refractivity contribution in [3.8, 4) is 0 Å². The molecule has 0 bridgehead atoms. The van der Waals surface area contributed by atoms with Gasteiger partial charge in [0.25, 0.3) is 5.56 Å². The quantitative estimate of drug-likeness (QED) is 0.399. The van der Waals surface area contributed by atoms with E-state index in [-0.39, 0.29) is 5.56 Å². The molecule has 0 aliphatic carbocycles. The lowest BCUT2D eigenvalue weighted by molar-refractivity contribution is 1.36. The highest BCUT2D eigenvalue weighted by molar-refractivity contribution is 7.26. The molecule has 0 fully saturated rings. The molecule has 0 aliphatic heterocycles. The van der Waals surface area contributed by atoms with Crippen LogP contribution in [0.4, 0.5) is 0 Å². The number of rotatable bonds is 0. The molecule has 22 heavy (non-hydrogen) atoms. The number of thiophene rings is 1. The summed E-state index contributed by atoms with van der Waals surface area (Å²) in [5.41, 5.74) is 0.902. The van der Waals surface area contributed by atoms with Crippen LogP contribution < -0.4 is 5.56 Å². The number of aromatic amines is 1. The van der Waals surface area contributed by atoms with Crippen LogP contribution in [0.5, 0.6) is 0 Å². The van der Waals surface area contributed by atoms with Crippen molar-refractivity contribution in [3.63, 3.8) is 0 Å². The van der Waals surface area contributed by atoms with E-state index in [1.165, 1.54) is 10.8 Å². The van der Waals surface area contributed by atoms with Crippen molar-refractivity contribution < 1.29 is 0 Å². The highest BCUT2D eigenvalue weighted by atomic mass is 32.1. The van der Waals surface area contributed by atoms with Crippen molar-refractivity contribution in [3.05, 3.63) is 71.0 Å². The summed E-state index contributed by atoms with van der Waals surface area (Å²) in [7, 11) is 0. The van der Waals surface area contributed by atoms with Crippen molar-refractivity contribution in [2.24, 2.45) is 0 Å². The van der Waals surface area contributed by atoms with Gasteiger partial charge in [0.1, 0.15) is 4.70 Å². The Bertz CT molecular complexity index is 1250. The maximum absolute atomic E-state index is 12.5. The molecule has 0 atom stereocenters. The van der Waals surface area contributed by atoms with Crippen LogP contribution >= 0.6 is 11.3 Å². The number of pyridine rings is 1. The lowest BCUT2D eigenvalue weighted by Crippen LogP contribution is -2.04. The molecule has 0 saturated carbocycles. The summed E-state index contributed by atoms with van der Waals surface area (Å²) in [6, 6.07) is 20.6. The number of hydrogen-bond acceptors (Lipinski definition) is 2. The Labute approximate surface area is 129 Å². The second-order valence-electron chi connectivity index (χ2n) is 5.47. The van der Waals surface area contributed by atoms with Crippen LogP contribution in [0.3, 0.4) is 0 Å². The highest BCUT2D eigenvalue weighted by Gasteiger charge is 2.13. The molecule has 0 unspecified atom stereocenters. The first-order valence-corrected chi connectivity index (χ1v) is 7.99. The standard InChI is InChI=1S/C19H11NOS/c21-19-18-17(13-7-3-4-8-15(13)22-18)16-12-6-2-1-5-11(12)9-10-14(16)20-19/h1-10H,(H,20,21). The number of aromatic nitrogens is 1. The predicted octanol–water partition coefficient (Wildman–Crippen LogP) is 5.05. The van der Waals surface area contributed by atoms with Gasteiger partial charge in [0.2, 0.25) is 0 Å². The van der Waals surface area contributed by atoms with Crippen LogP contribution in [0.1, 0.15) is 0 Å². The van der Waals surface area contributed by atoms with Crippen molar-refractivity contribution in [1.29, 1.82) is 0 Å². The Morgan fingerprint density at radius 2 is 1.55 bits per heavy atom. The molecule has 0 radical (unpaired) electrons. The lowest BCUT2D eigenvalue weighted by Gasteiger charge is -2.05. The Hall–Kier alpha value is -2.65. The Morgan fingerprint density at radius 3 is 2.45 bits per heavy atom. The molecule has 2 aromatic heterocycles. The van der Waals surface area contributed by atoms with Crippen LogP contribution in [-0.2, 0) is 0 Å². The minimum atomic E-state index is -0.000943. The average Bonchev–Trinajstić information content (AvgIpc) is 2.95. The van der Waals surface area contributed by atoms with Crippen molar-refractivity contribution in [1.82, 2.24) is 4.98 Å². The topological polar surface area (TPSA) is 32.9 Å². The van der Waals surface area contributed by atoms with Crippen molar-refractivity contribution in [2.45, 2.75) is 0 Å². The van der Waals surface area contributed by atoms with Gasteiger partial charge in [-0.2, -0.15) is 0 Å². The molecular formula is C19H11NOS. The zero-order valence-corrected chi connectivity index (χ0v) is 12.4. The van der Waals surface area contributed by atoms with Gasteiger partial charge in [-0.3, -0.25) is 4.79 Å². The molecular weight excluding hydrogens is 290 g/mol. The molecule has 3 aromatic carbocycles. The number of nitrogens with one attached hydrogen (secondary N) is 1. The van der Waals surface area contributed by atoms with Gasteiger partial charge in [-0.15, -0.1) is 11.3 Å². The van der Waals surface area contributed by atoms with Crippen LogP contribution in [-0.4, -0.2) is 4.98 Å². The molecule has 3 heteroatoms. The van der Waals surface area contributed by atoms with E-state index in [2.05, 4.69) is 35.3 Å². The van der Waals surface area contributed by atoms with E-state index in [0.29, 0.717) is 0 Å². The summed E-state index contributed by atoms with van der Waals surface area (Å²) in [4.78, 5) is 15.5. The van der Waals surface area contributed by atoms with Gasteiger partial charge in [-0.1, -0.05) is 48.5 Å². The van der Waals surface area contributed by atoms with Crippen LogP contribution in [0.25, 0.3) is 41.8 Å². The first-order valence-electron chi connectivity index (χ1n) is 7.18. The van der Waals surface area contributed by atoms with Gasteiger partial charge in [0.05, 0.1) is 0 Å². The summed E-state index contributed by atoms with van der Waals surface area (Å²) in [5.74, 6) is 0. The third-order valence-corrected chi connectivity index (χ3v) is 5.40. The van der Waals surface area contributed by atoms with Gasteiger partial charge < -0.3 is 4.98 Å². The lowest BCUT2D eigenvalue weighted by atomic mass is 10.0. The van der Waals surface area contributed by atoms with Crippen LogP contribution in [0.2, 0.25) is 0 Å². The van der Waals surface area contributed by atoms with E-state index in [4.69, 9.17) is 0 Å². The van der Waals surface area contributed by atoms with Gasteiger partial charge in [-0.05, 0) is 22.9 Å². The number of fused-ring (bicyclic) bond motifs is 7. The van der Waals surface area contributed by atoms with E-state index in [9.17, 15) is 4.79 Å². The van der Waals surface area contributed by atoms with E-state index < -0.39 is 0 Å². The molecule has 5 rings (SSSR count). The molecule has 0 aliphatic rings. The third-order valence-electron chi connectivity index (χ3n) is 4.23. The summed E-state index contributed by atoms with van der Waals surface area (Å²) >= 11 is 1.57. The summed E-state index contributed by atoms with van der Waals surface area (Å²) in [6.07, 6.45) is 0. The number of H-pyrrole nitrogens is 1. The first-order chi connectivity index (χ1) is 10.8. The van der Waals surface area contributed by atoms with Crippen LogP contribution in [0, 0.1) is 0 Å². The third kappa shape index (κ3) is 1.46. The van der Waals surface area contributed by atoms with E-state index >= 15 is 0 Å². The first kappa shape index (κ1) is 12.0. The van der Waals surface area contributed by atoms with E-state index in [1.807, 2.05) is 30.3 Å². The summed E-state index contributed by atoms with van der Waals surface area (Å²) in [6.45, 7) is 0. The smallest absolute Gasteiger partial charge is 0.266 e. The molecule has 104 valence electrons. The minimum Gasteiger partial charge on any atom is -0.321 e. The average molecular weight is 301 g/mol. The maximum Gasteiger partial charge on any atom is 0.266 e. The Kier molecular flexibility index (Phi) is 2.27. The number of benzene rings is 3. The second kappa shape index (κ2) is 4.18. The van der Waals surface area contributed by atoms with E-state index in [1.54, 1.807) is 11.3 Å². The fraction of sp³-hybridized carbons (Fsp3) is 0. The molecule has 0 spiro atoms. The van der Waals surface area contributed by atoms with Crippen molar-refractivity contribution >= 4 is 53.2 Å². The normalized spacial score (nSPS) is 11.8. The van der Waals surface area contributed by atoms with Crippen molar-refractivity contribution in [2.75, 3.05) is 0 Å². The van der Waals surface area contributed by atoms with Gasteiger partial charge >= 0.3 is 0 Å². The molecule has 0 saturated heterocycles. The molecule has 2 heterocycles. The largest absolute Gasteiger partial charge is 0.321 e. The summed E-state index contributed by atoms with van der Waals surface area (Å²) < 4.78 is 1.97. The molecule has 5 aromatic rings. The highest BCUT2D eigenvalue weighted by Crippen LogP contribution is 2.38. The number of hydrogen-bond donors (Lipinski definition) is 1. The Morgan fingerprint density at radius 1 is 0.773 bits per heavy atom. The predicted molar refractivity (Wildman–Crippen MR) is 95.0 cm³/mol. The Balaban J connectivity index is 2.23. The van der Waals surface area contributed by atoms with E-state index in [0.717, 1.165) is 31.1 Å². The summed E-state index contributed by atoms with van der Waals surface area (Å²) in [5, 5.41) is 5.76.